The molecule has 7 heteroatoms. The summed E-state index contributed by atoms with van der Waals surface area (Å²) in [6.07, 6.45) is 2.09. The molecule has 170 valence electrons. The number of carbonyl (C=O) groups excluding carboxylic acids is 2. The van der Waals surface area contributed by atoms with Crippen LogP contribution < -0.4 is 0 Å². The zero-order valence-corrected chi connectivity index (χ0v) is 19.8. The molecule has 1 aliphatic rings. The van der Waals surface area contributed by atoms with E-state index in [-0.39, 0.29) is 12.1 Å². The third-order valence-corrected chi connectivity index (χ3v) is 5.12. The van der Waals surface area contributed by atoms with Gasteiger partial charge >= 0.3 is 6.09 Å². The lowest BCUT2D eigenvalue weighted by Crippen LogP contribution is -2.42. The first-order chi connectivity index (χ1) is 14.6. The van der Waals surface area contributed by atoms with Gasteiger partial charge in [0.25, 0.3) is 6.02 Å². The van der Waals surface area contributed by atoms with Crippen molar-refractivity contribution < 1.29 is 19.1 Å². The number of aryl methyl sites for hydroxylation is 1. The Bertz CT molecular complexity index is 855. The van der Waals surface area contributed by atoms with Crippen LogP contribution in [0.4, 0.5) is 4.79 Å². The molecular formula is C24H35N3O4. The van der Waals surface area contributed by atoms with Gasteiger partial charge in [0.05, 0.1) is 18.8 Å². The molecule has 0 spiro atoms. The number of benzene rings is 1. The van der Waals surface area contributed by atoms with Crippen LogP contribution in [0.15, 0.2) is 40.5 Å². The van der Waals surface area contributed by atoms with E-state index in [1.807, 2.05) is 44.7 Å². The van der Waals surface area contributed by atoms with Gasteiger partial charge < -0.3 is 19.3 Å². The second-order valence-electron chi connectivity index (χ2n) is 8.71. The Morgan fingerprint density at radius 1 is 1.32 bits per heavy atom. The van der Waals surface area contributed by atoms with E-state index in [4.69, 9.17) is 9.47 Å². The van der Waals surface area contributed by atoms with Crippen molar-refractivity contribution in [2.45, 2.75) is 59.1 Å². The molecule has 0 saturated carbocycles. The molecule has 0 aliphatic carbocycles. The van der Waals surface area contributed by atoms with Gasteiger partial charge in [-0.3, -0.25) is 4.79 Å². The molecule has 1 amide bonds. The number of ether oxygens (including phenoxy) is 2. The molecule has 1 atom stereocenters. The first kappa shape index (κ1) is 24.4. The first-order valence-electron chi connectivity index (χ1n) is 10.7. The van der Waals surface area contributed by atoms with Gasteiger partial charge in [-0.1, -0.05) is 31.2 Å². The fourth-order valence-corrected chi connectivity index (χ4v) is 3.54. The van der Waals surface area contributed by atoms with Gasteiger partial charge in [0, 0.05) is 25.7 Å². The number of methoxy groups -OCH3 is 1. The van der Waals surface area contributed by atoms with Crippen LogP contribution in [0.5, 0.6) is 0 Å². The summed E-state index contributed by atoms with van der Waals surface area (Å²) < 4.78 is 11.0. The van der Waals surface area contributed by atoms with E-state index in [9.17, 15) is 9.59 Å². The van der Waals surface area contributed by atoms with Gasteiger partial charge in [-0.25, -0.2) is 9.79 Å². The molecular weight excluding hydrogens is 394 g/mol. The number of amidine groups is 1. The smallest absolute Gasteiger partial charge is 0.410 e. The molecule has 1 aliphatic heterocycles. The molecule has 0 bridgehead atoms. The quantitative estimate of drug-likeness (QED) is 0.603. The number of carbonyl (C=O) groups is 2. The predicted molar refractivity (Wildman–Crippen MR) is 122 cm³/mol. The molecule has 0 fully saturated rings. The fourth-order valence-electron chi connectivity index (χ4n) is 3.54. The molecule has 31 heavy (non-hydrogen) atoms. The normalized spacial score (nSPS) is 16.7. The summed E-state index contributed by atoms with van der Waals surface area (Å²) in [6.45, 7) is 10.5. The lowest BCUT2D eigenvalue weighted by Gasteiger charge is -2.37. The van der Waals surface area contributed by atoms with Crippen molar-refractivity contribution in [3.05, 3.63) is 46.7 Å². The Kier molecular flexibility index (Phi) is 8.25. The molecule has 0 aromatic heterocycles. The third-order valence-electron chi connectivity index (χ3n) is 5.12. The van der Waals surface area contributed by atoms with Crippen molar-refractivity contribution in [3.63, 3.8) is 0 Å². The molecule has 1 aromatic carbocycles. The van der Waals surface area contributed by atoms with Crippen molar-refractivity contribution in [1.29, 1.82) is 0 Å². The number of hydrogen-bond donors (Lipinski definition) is 0. The Morgan fingerprint density at radius 2 is 2.03 bits per heavy atom. The SMILES string of the molecule is CCc1cccc(C2C(C=O)=C(C)N=C(OC)N2CCCN(C)C(=O)OC(C)(C)C)c1. The summed E-state index contributed by atoms with van der Waals surface area (Å²) in [5, 5.41) is 0. The third kappa shape index (κ3) is 6.32. The monoisotopic (exact) mass is 429 g/mol. The van der Waals surface area contributed by atoms with Gasteiger partial charge in [-0.2, -0.15) is 0 Å². The van der Waals surface area contributed by atoms with Crippen LogP contribution in [0.2, 0.25) is 0 Å². The average molecular weight is 430 g/mol. The highest BCUT2D eigenvalue weighted by Gasteiger charge is 2.33. The summed E-state index contributed by atoms with van der Waals surface area (Å²) in [5.41, 5.74) is 2.96. The highest BCUT2D eigenvalue weighted by atomic mass is 16.6. The zero-order chi connectivity index (χ0) is 23.2. The fraction of sp³-hybridized carbons (Fsp3) is 0.542. The topological polar surface area (TPSA) is 71.4 Å². The van der Waals surface area contributed by atoms with E-state index in [0.717, 1.165) is 18.3 Å². The van der Waals surface area contributed by atoms with Crippen LogP contribution in [0.25, 0.3) is 0 Å². The van der Waals surface area contributed by atoms with Crippen LogP contribution >= 0.6 is 0 Å². The van der Waals surface area contributed by atoms with Gasteiger partial charge in [-0.05, 0) is 51.7 Å². The summed E-state index contributed by atoms with van der Waals surface area (Å²) >= 11 is 0. The van der Waals surface area contributed by atoms with Crippen LogP contribution in [0.1, 0.15) is 58.2 Å². The Hall–Kier alpha value is -2.83. The van der Waals surface area contributed by atoms with E-state index < -0.39 is 5.60 Å². The summed E-state index contributed by atoms with van der Waals surface area (Å²) in [4.78, 5) is 32.3. The minimum atomic E-state index is -0.537. The van der Waals surface area contributed by atoms with E-state index in [1.165, 1.54) is 5.56 Å². The molecule has 1 unspecified atom stereocenters. The highest BCUT2D eigenvalue weighted by molar-refractivity contribution is 5.85. The average Bonchev–Trinajstić information content (AvgIpc) is 2.72. The second-order valence-corrected chi connectivity index (χ2v) is 8.71. The number of allylic oxidation sites excluding steroid dienone is 1. The highest BCUT2D eigenvalue weighted by Crippen LogP contribution is 2.34. The Morgan fingerprint density at radius 3 is 2.61 bits per heavy atom. The number of amides is 1. The maximum Gasteiger partial charge on any atom is 0.410 e. The lowest BCUT2D eigenvalue weighted by molar-refractivity contribution is -0.105. The number of nitrogens with zero attached hydrogens (tertiary/aromatic N) is 3. The number of rotatable bonds is 7. The van der Waals surface area contributed by atoms with Gasteiger partial charge in [0.15, 0.2) is 0 Å². The van der Waals surface area contributed by atoms with Gasteiger partial charge in [-0.15, -0.1) is 0 Å². The maximum atomic E-state index is 12.2. The maximum absolute atomic E-state index is 12.2. The summed E-state index contributed by atoms with van der Waals surface area (Å²) in [5.74, 6) is 0. The van der Waals surface area contributed by atoms with Crippen molar-refractivity contribution in [3.8, 4) is 0 Å². The van der Waals surface area contributed by atoms with Crippen LogP contribution in [-0.4, -0.2) is 61.0 Å². The number of hydrogen-bond acceptors (Lipinski definition) is 6. The van der Waals surface area contributed by atoms with E-state index in [2.05, 4.69) is 24.0 Å². The van der Waals surface area contributed by atoms with Crippen LogP contribution in [0.3, 0.4) is 0 Å². The Labute approximate surface area is 185 Å². The minimum absolute atomic E-state index is 0.289. The predicted octanol–water partition coefficient (Wildman–Crippen LogP) is 4.34. The van der Waals surface area contributed by atoms with Crippen molar-refractivity contribution >= 4 is 18.4 Å². The van der Waals surface area contributed by atoms with Gasteiger partial charge in [0.2, 0.25) is 0 Å². The first-order valence-corrected chi connectivity index (χ1v) is 10.7. The molecule has 0 radical (unpaired) electrons. The van der Waals surface area contributed by atoms with E-state index >= 15 is 0 Å². The second kappa shape index (κ2) is 10.5. The molecule has 2 rings (SSSR count). The Balaban J connectivity index is 2.24. The largest absolute Gasteiger partial charge is 0.468 e. The molecule has 7 nitrogen and oxygen atoms in total. The summed E-state index contributed by atoms with van der Waals surface area (Å²) in [7, 11) is 3.30. The van der Waals surface area contributed by atoms with Crippen molar-refractivity contribution in [2.75, 3.05) is 27.2 Å². The standard InChI is InChI=1S/C24H35N3O4/c1-8-18-11-9-12-19(15-18)21-20(16-28)17(2)25-22(30-7)27(21)14-10-13-26(6)23(29)31-24(3,4)5/h9,11-12,15-16,21H,8,10,13-14H2,1-7H3. The summed E-state index contributed by atoms with van der Waals surface area (Å²) in [6, 6.07) is 8.42. The van der Waals surface area contributed by atoms with Crippen LogP contribution in [0, 0.1) is 0 Å². The molecule has 0 N–H and O–H groups in total. The minimum Gasteiger partial charge on any atom is -0.468 e. The lowest BCUT2D eigenvalue weighted by atomic mass is 9.93. The van der Waals surface area contributed by atoms with Crippen molar-refractivity contribution in [1.82, 2.24) is 9.80 Å². The van der Waals surface area contributed by atoms with Crippen LogP contribution in [-0.2, 0) is 20.7 Å². The number of aldehydes is 1. The van der Waals surface area contributed by atoms with E-state index in [1.54, 1.807) is 19.1 Å². The van der Waals surface area contributed by atoms with Gasteiger partial charge in [0.1, 0.15) is 11.9 Å². The molecule has 1 aromatic rings. The van der Waals surface area contributed by atoms with Crippen molar-refractivity contribution in [2.24, 2.45) is 4.99 Å². The van der Waals surface area contributed by atoms with E-state index in [0.29, 0.717) is 36.8 Å². The molecule has 0 saturated heterocycles. The number of aliphatic imine (C=N–C) groups is 1. The molecule has 1 heterocycles. The zero-order valence-electron chi connectivity index (χ0n) is 19.8.